The number of ether oxygens (including phenoxy) is 2. The maximum absolute atomic E-state index is 13.8. The number of fused-ring (bicyclic) bond motifs is 1. The first-order chi connectivity index (χ1) is 26.3. The molecule has 2 aromatic heterocycles. The van der Waals surface area contributed by atoms with E-state index in [4.69, 9.17) is 15.2 Å². The van der Waals surface area contributed by atoms with Crippen LogP contribution in [0.3, 0.4) is 0 Å². The number of carbonyl (C=O) groups excluding carboxylic acids is 3. The number of epoxide rings is 1. The number of hydrogen-bond acceptors (Lipinski definition) is 15. The van der Waals surface area contributed by atoms with E-state index in [1.54, 1.807) is 44.6 Å². The molecule has 2 amide bonds. The number of aliphatic imine (C=N–C) groups is 2. The number of hydrogen-bond donors (Lipinski definition) is 8. The predicted octanol–water partition coefficient (Wildman–Crippen LogP) is 0.450. The van der Waals surface area contributed by atoms with Crippen molar-refractivity contribution in [3.8, 4) is 0 Å². The SMILES string of the molecule is CC(NC(CC1C2(CO2)C(NC(C)C(=O)Nc2ncc[nH]2)CC2[C@]1(C)CC[C@@H](O)[C@@]2(C)CO)C1=C/C(=C\c2cnc(N)nc2)OC1=O)C(=O)NC1=NCC=N1. The number of aliphatic hydroxyl groups is 2. The Morgan fingerprint density at radius 1 is 1.15 bits per heavy atom. The summed E-state index contributed by atoms with van der Waals surface area (Å²) in [7, 11) is 0. The molecule has 7 rings (SSSR count). The summed E-state index contributed by atoms with van der Waals surface area (Å²) >= 11 is 0. The number of carbonyl (C=O) groups is 3. The number of imidazole rings is 1. The van der Waals surface area contributed by atoms with Gasteiger partial charge in [0, 0.05) is 54.1 Å². The van der Waals surface area contributed by atoms with Crippen molar-refractivity contribution in [1.82, 2.24) is 35.9 Å². The van der Waals surface area contributed by atoms with Crippen molar-refractivity contribution in [2.24, 2.45) is 32.7 Å². The Morgan fingerprint density at radius 2 is 1.89 bits per heavy atom. The van der Waals surface area contributed by atoms with Gasteiger partial charge in [0.15, 0.2) is 0 Å². The number of H-pyrrole nitrogens is 1. The third kappa shape index (κ3) is 7.43. The highest BCUT2D eigenvalue weighted by Crippen LogP contribution is 2.66. The molecule has 7 unspecified atom stereocenters. The van der Waals surface area contributed by atoms with Crippen LogP contribution in [-0.2, 0) is 23.9 Å². The summed E-state index contributed by atoms with van der Waals surface area (Å²) in [6.07, 6.45) is 12.2. The number of aromatic nitrogens is 4. The number of amides is 2. The van der Waals surface area contributed by atoms with Crippen molar-refractivity contribution in [3.05, 3.63) is 47.8 Å². The largest absolute Gasteiger partial charge is 0.423 e. The molecular formula is C37H49N11O7. The van der Waals surface area contributed by atoms with Crippen molar-refractivity contribution >= 4 is 47.9 Å². The summed E-state index contributed by atoms with van der Waals surface area (Å²) in [6.45, 7) is 8.06. The molecule has 1 saturated heterocycles. The molecule has 2 saturated carbocycles. The zero-order valence-corrected chi connectivity index (χ0v) is 31.3. The molecule has 294 valence electrons. The highest BCUT2D eigenvalue weighted by Gasteiger charge is 2.71. The van der Waals surface area contributed by atoms with Crippen molar-refractivity contribution in [3.63, 3.8) is 0 Å². The standard InChI is InChI=1S/C37H49N11O7/c1-19(29(51)47-33-39-7-8-40-33)45-24(23-12-22(55-31(23)53)11-21-15-43-32(38)44-16-21)13-26-35(3)6-5-28(50)36(4,17-49)25(35)14-27(37(26)18-54-37)46-20(2)30(52)48-34-41-9-10-42-34/h7,9-12,15-16,19-20,24-28,45-46,49-50H,5-6,8,13-14,17-18H2,1-4H3,(H2,38,43,44)(H,40,47,51)(H2,41,42,48,52)/b22-11+/t19?,20?,24?,25?,26?,27?,28-,35+,36+,37?/m1/s1. The van der Waals surface area contributed by atoms with E-state index in [0.717, 1.165) is 0 Å². The lowest BCUT2D eigenvalue weighted by atomic mass is 9.43. The van der Waals surface area contributed by atoms with Crippen LogP contribution < -0.4 is 27.0 Å². The number of rotatable bonds is 12. The Labute approximate surface area is 318 Å². The topological polar surface area (TPSA) is 267 Å². The van der Waals surface area contributed by atoms with Gasteiger partial charge in [-0.25, -0.2) is 29.7 Å². The maximum Gasteiger partial charge on any atom is 0.341 e. The number of nitrogen functional groups attached to an aromatic ring is 1. The highest BCUT2D eigenvalue weighted by molar-refractivity contribution is 6.04. The minimum Gasteiger partial charge on any atom is -0.423 e. The molecule has 10 atom stereocenters. The summed E-state index contributed by atoms with van der Waals surface area (Å²) < 4.78 is 12.2. The van der Waals surface area contributed by atoms with E-state index in [0.29, 0.717) is 55.9 Å². The fourth-order valence-electron chi connectivity index (χ4n) is 9.24. The van der Waals surface area contributed by atoms with Crippen LogP contribution in [0.4, 0.5) is 11.9 Å². The molecule has 2 aromatic rings. The van der Waals surface area contributed by atoms with Gasteiger partial charge >= 0.3 is 5.97 Å². The van der Waals surface area contributed by atoms with Gasteiger partial charge < -0.3 is 35.7 Å². The average molecular weight is 760 g/mol. The van der Waals surface area contributed by atoms with Gasteiger partial charge in [-0.15, -0.1) is 0 Å². The van der Waals surface area contributed by atoms with Gasteiger partial charge in [0.05, 0.1) is 43.5 Å². The van der Waals surface area contributed by atoms with E-state index >= 15 is 0 Å². The van der Waals surface area contributed by atoms with Gasteiger partial charge in [0.2, 0.25) is 29.7 Å². The normalized spacial score (nSPS) is 33.3. The second-order valence-corrected chi connectivity index (χ2v) is 15.7. The Hall–Kier alpha value is -4.88. The summed E-state index contributed by atoms with van der Waals surface area (Å²) in [5, 5.41) is 34.8. The van der Waals surface area contributed by atoms with Crippen LogP contribution in [0, 0.1) is 22.7 Å². The average Bonchev–Trinajstić information content (AvgIpc) is 3.46. The number of allylic oxidation sites excluding steroid dienone is 1. The smallest absolute Gasteiger partial charge is 0.341 e. The molecule has 0 radical (unpaired) electrons. The molecule has 2 aliphatic carbocycles. The van der Waals surface area contributed by atoms with E-state index in [-0.39, 0.29) is 54.0 Å². The number of nitrogens with one attached hydrogen (secondary N) is 5. The van der Waals surface area contributed by atoms with Crippen LogP contribution in [0.1, 0.15) is 58.9 Å². The van der Waals surface area contributed by atoms with E-state index in [1.807, 2.05) is 6.92 Å². The van der Waals surface area contributed by atoms with Gasteiger partial charge in [-0.05, 0) is 68.9 Å². The monoisotopic (exact) mass is 759 g/mol. The molecule has 3 aliphatic heterocycles. The fourth-order valence-corrected chi connectivity index (χ4v) is 9.24. The molecule has 0 bridgehead atoms. The van der Waals surface area contributed by atoms with Crippen LogP contribution in [0.15, 0.2) is 52.2 Å². The van der Waals surface area contributed by atoms with E-state index in [2.05, 4.69) is 58.1 Å². The van der Waals surface area contributed by atoms with Gasteiger partial charge in [0.25, 0.3) is 0 Å². The number of nitrogens with zero attached hydrogens (tertiary/aromatic N) is 5. The van der Waals surface area contributed by atoms with Crippen LogP contribution in [0.25, 0.3) is 6.08 Å². The lowest BCUT2D eigenvalue weighted by Crippen LogP contribution is -2.68. The summed E-state index contributed by atoms with van der Waals surface area (Å²) in [5.41, 5.74) is 4.38. The van der Waals surface area contributed by atoms with Gasteiger partial charge in [-0.2, -0.15) is 0 Å². The third-order valence-electron chi connectivity index (χ3n) is 12.4. The van der Waals surface area contributed by atoms with Crippen LogP contribution in [0.5, 0.6) is 0 Å². The molecule has 0 aromatic carbocycles. The molecule has 18 nitrogen and oxygen atoms in total. The first-order valence-corrected chi connectivity index (χ1v) is 18.6. The van der Waals surface area contributed by atoms with Crippen LogP contribution in [-0.4, -0.2) is 116 Å². The van der Waals surface area contributed by atoms with E-state index in [9.17, 15) is 24.6 Å². The van der Waals surface area contributed by atoms with Crippen molar-refractivity contribution in [1.29, 1.82) is 0 Å². The lowest BCUT2D eigenvalue weighted by Gasteiger charge is -2.63. The molecule has 18 heteroatoms. The minimum atomic E-state index is -0.872. The summed E-state index contributed by atoms with van der Waals surface area (Å²) in [5.74, 6) is -0.891. The van der Waals surface area contributed by atoms with Gasteiger partial charge in [-0.1, -0.05) is 13.8 Å². The molecule has 9 N–H and O–H groups in total. The molecule has 3 fully saturated rings. The van der Waals surface area contributed by atoms with Gasteiger partial charge in [-0.3, -0.25) is 25.5 Å². The summed E-state index contributed by atoms with van der Waals surface area (Å²) in [6, 6.07) is -2.60. The Balaban J connectivity index is 1.24. The number of aromatic amines is 1. The molecule has 5 aliphatic rings. The molecule has 5 heterocycles. The lowest BCUT2D eigenvalue weighted by molar-refractivity contribution is -0.185. The van der Waals surface area contributed by atoms with Crippen molar-refractivity contribution < 1.29 is 34.1 Å². The first kappa shape index (κ1) is 38.4. The Kier molecular flexibility index (Phi) is 10.5. The molecule has 1 spiro atoms. The van der Waals surface area contributed by atoms with Crippen LogP contribution >= 0.6 is 0 Å². The third-order valence-corrected chi connectivity index (χ3v) is 12.4. The zero-order chi connectivity index (χ0) is 39.1. The Morgan fingerprint density at radius 3 is 2.55 bits per heavy atom. The number of cyclic esters (lactones) is 1. The number of guanidine groups is 1. The van der Waals surface area contributed by atoms with Crippen LogP contribution in [0.2, 0.25) is 0 Å². The number of aliphatic hydroxyl groups excluding tert-OH is 2. The summed E-state index contributed by atoms with van der Waals surface area (Å²) in [4.78, 5) is 63.9. The minimum absolute atomic E-state index is 0.107. The number of nitrogens with two attached hydrogens (primary N) is 1. The van der Waals surface area contributed by atoms with Crippen molar-refractivity contribution in [2.45, 2.75) is 89.3 Å². The predicted molar refractivity (Wildman–Crippen MR) is 201 cm³/mol. The second-order valence-electron chi connectivity index (χ2n) is 15.7. The molecule has 55 heavy (non-hydrogen) atoms. The zero-order valence-electron chi connectivity index (χ0n) is 31.3. The van der Waals surface area contributed by atoms with Crippen molar-refractivity contribution in [2.75, 3.05) is 30.8 Å². The highest BCUT2D eigenvalue weighted by atomic mass is 16.6. The number of esters is 1. The Bertz CT molecular complexity index is 1910. The second kappa shape index (κ2) is 15.0. The fraction of sp³-hybridized carbons (Fsp3) is 0.568. The first-order valence-electron chi connectivity index (χ1n) is 18.6. The van der Waals surface area contributed by atoms with Gasteiger partial charge in [0.1, 0.15) is 11.4 Å². The molecular weight excluding hydrogens is 710 g/mol. The quantitative estimate of drug-likeness (QED) is 0.108. The van der Waals surface area contributed by atoms with E-state index < -0.39 is 46.6 Å². The number of anilines is 2. The van der Waals surface area contributed by atoms with E-state index in [1.165, 1.54) is 12.4 Å². The maximum atomic E-state index is 13.8.